The molecule has 3 N–H and O–H groups in total. The second-order valence-electron chi connectivity index (χ2n) is 5.49. The molecule has 1 aromatic carbocycles. The quantitative estimate of drug-likeness (QED) is 0.780. The Bertz CT molecular complexity index is 493. The van der Waals surface area contributed by atoms with E-state index in [1.807, 2.05) is 0 Å². The average molecular weight is 262 g/mol. The van der Waals surface area contributed by atoms with Gasteiger partial charge < -0.3 is 20.5 Å². The first-order chi connectivity index (χ1) is 9.07. The summed E-state index contributed by atoms with van der Waals surface area (Å²) in [5.74, 6) is 0.894. The zero-order chi connectivity index (χ0) is 13.5. The van der Waals surface area contributed by atoms with Crippen molar-refractivity contribution in [3.05, 3.63) is 24.3 Å². The number of ether oxygens (including phenoxy) is 1. The largest absolute Gasteiger partial charge is 0.484 e. The lowest BCUT2D eigenvalue weighted by atomic mass is 9.89. The first-order valence-electron chi connectivity index (χ1n) is 6.55. The van der Waals surface area contributed by atoms with Gasteiger partial charge in [0.15, 0.2) is 6.61 Å². The van der Waals surface area contributed by atoms with Gasteiger partial charge in [0, 0.05) is 11.8 Å². The fourth-order valence-electron chi connectivity index (χ4n) is 2.51. The second kappa shape index (κ2) is 4.42. The Labute approximate surface area is 112 Å². The van der Waals surface area contributed by atoms with Crippen molar-refractivity contribution < 1.29 is 14.6 Å². The summed E-state index contributed by atoms with van der Waals surface area (Å²) in [4.78, 5) is 13.5. The first kappa shape index (κ1) is 12.3. The van der Waals surface area contributed by atoms with Crippen LogP contribution < -0.4 is 10.5 Å². The van der Waals surface area contributed by atoms with Crippen LogP contribution in [0.15, 0.2) is 24.3 Å². The molecule has 2 fully saturated rings. The van der Waals surface area contributed by atoms with Crippen LogP contribution in [0.3, 0.4) is 0 Å². The molecular formula is C14H18N2O3. The number of likely N-dealkylation sites (tertiary alicyclic amines) is 1. The number of carbonyl (C=O) groups excluding carboxylic acids is 1. The number of nitrogens with zero attached hydrogens (tertiary/aromatic N) is 1. The SMILES string of the molecule is Nc1cccc(OCC(=O)N2CC(O)(C3CC3)C2)c1. The van der Waals surface area contributed by atoms with Crippen LogP contribution in [0.2, 0.25) is 0 Å². The van der Waals surface area contributed by atoms with Crippen LogP contribution in [0.25, 0.3) is 0 Å². The summed E-state index contributed by atoms with van der Waals surface area (Å²) in [5.41, 5.74) is 5.61. The molecule has 0 radical (unpaired) electrons. The molecule has 1 amide bonds. The van der Waals surface area contributed by atoms with Crippen molar-refractivity contribution in [3.8, 4) is 5.75 Å². The Balaban J connectivity index is 1.47. The zero-order valence-corrected chi connectivity index (χ0v) is 10.7. The minimum atomic E-state index is -0.632. The Morgan fingerprint density at radius 2 is 2.21 bits per heavy atom. The number of hydrogen-bond donors (Lipinski definition) is 2. The number of hydrogen-bond acceptors (Lipinski definition) is 4. The van der Waals surface area contributed by atoms with Crippen molar-refractivity contribution in [3.63, 3.8) is 0 Å². The number of rotatable bonds is 4. The van der Waals surface area contributed by atoms with Crippen molar-refractivity contribution >= 4 is 11.6 Å². The number of nitrogen functional groups attached to an aromatic ring is 1. The molecule has 1 aliphatic heterocycles. The van der Waals surface area contributed by atoms with E-state index >= 15 is 0 Å². The molecule has 19 heavy (non-hydrogen) atoms. The topological polar surface area (TPSA) is 75.8 Å². The average Bonchev–Trinajstić information content (AvgIpc) is 3.16. The van der Waals surface area contributed by atoms with Gasteiger partial charge in [-0.15, -0.1) is 0 Å². The highest BCUT2D eigenvalue weighted by Crippen LogP contribution is 2.44. The third-order valence-electron chi connectivity index (χ3n) is 3.84. The van der Waals surface area contributed by atoms with Crippen LogP contribution >= 0.6 is 0 Å². The van der Waals surface area contributed by atoms with Crippen LogP contribution in [-0.2, 0) is 4.79 Å². The maximum atomic E-state index is 11.9. The van der Waals surface area contributed by atoms with E-state index in [9.17, 15) is 9.90 Å². The molecule has 1 saturated carbocycles. The molecule has 0 aromatic heterocycles. The third kappa shape index (κ3) is 2.51. The van der Waals surface area contributed by atoms with E-state index in [2.05, 4.69) is 0 Å². The lowest BCUT2D eigenvalue weighted by molar-refractivity contribution is -0.161. The van der Waals surface area contributed by atoms with Crippen LogP contribution in [-0.4, -0.2) is 41.2 Å². The van der Waals surface area contributed by atoms with E-state index in [-0.39, 0.29) is 12.5 Å². The monoisotopic (exact) mass is 262 g/mol. The normalized spacial score (nSPS) is 20.8. The standard InChI is InChI=1S/C14H18N2O3/c15-11-2-1-3-12(6-11)19-7-13(17)16-8-14(18,9-16)10-4-5-10/h1-3,6,10,18H,4-5,7-9,15H2. The van der Waals surface area contributed by atoms with Gasteiger partial charge in [-0.05, 0) is 30.9 Å². The fourth-order valence-corrected chi connectivity index (χ4v) is 2.51. The number of aliphatic hydroxyl groups is 1. The smallest absolute Gasteiger partial charge is 0.260 e. The number of carbonyl (C=O) groups is 1. The molecule has 2 aliphatic rings. The molecule has 1 saturated heterocycles. The van der Waals surface area contributed by atoms with Gasteiger partial charge >= 0.3 is 0 Å². The number of amides is 1. The molecule has 0 atom stereocenters. The van der Waals surface area contributed by atoms with Crippen molar-refractivity contribution in [2.24, 2.45) is 5.92 Å². The lowest BCUT2D eigenvalue weighted by Gasteiger charge is -2.46. The molecule has 5 heteroatoms. The summed E-state index contributed by atoms with van der Waals surface area (Å²) in [6.07, 6.45) is 2.16. The van der Waals surface area contributed by atoms with E-state index < -0.39 is 5.60 Å². The Kier molecular flexibility index (Phi) is 2.86. The molecule has 0 bridgehead atoms. The molecule has 1 aliphatic carbocycles. The number of β-amino-alcohol motifs (C(OH)–C–C–N with tert-alkyl or cyclic N) is 1. The van der Waals surface area contributed by atoms with Crippen molar-refractivity contribution in [2.45, 2.75) is 18.4 Å². The number of nitrogens with two attached hydrogens (primary N) is 1. The summed E-state index contributed by atoms with van der Waals surface area (Å²) in [7, 11) is 0. The Morgan fingerprint density at radius 3 is 2.84 bits per heavy atom. The van der Waals surface area contributed by atoms with Gasteiger partial charge in [-0.2, -0.15) is 0 Å². The Hall–Kier alpha value is -1.75. The summed E-state index contributed by atoms with van der Waals surface area (Å²) < 4.78 is 5.40. The molecule has 102 valence electrons. The molecule has 0 spiro atoms. The van der Waals surface area contributed by atoms with E-state index in [0.29, 0.717) is 30.4 Å². The van der Waals surface area contributed by atoms with Gasteiger partial charge in [0.2, 0.25) is 0 Å². The second-order valence-corrected chi connectivity index (χ2v) is 5.49. The molecule has 0 unspecified atom stereocenters. The van der Waals surface area contributed by atoms with Gasteiger partial charge in [0.1, 0.15) is 11.4 Å². The van der Waals surface area contributed by atoms with Crippen LogP contribution in [0.4, 0.5) is 5.69 Å². The predicted octanol–water partition coefficient (Wildman–Crippen LogP) is 0.631. The number of anilines is 1. The maximum Gasteiger partial charge on any atom is 0.260 e. The van der Waals surface area contributed by atoms with Crippen molar-refractivity contribution in [1.82, 2.24) is 4.90 Å². The number of benzene rings is 1. The van der Waals surface area contributed by atoms with E-state index in [1.165, 1.54) is 0 Å². The van der Waals surface area contributed by atoms with Crippen LogP contribution in [0.5, 0.6) is 5.75 Å². The van der Waals surface area contributed by atoms with Gasteiger partial charge in [-0.25, -0.2) is 0 Å². The van der Waals surface area contributed by atoms with E-state index in [4.69, 9.17) is 10.5 Å². The molecule has 1 heterocycles. The predicted molar refractivity (Wildman–Crippen MR) is 70.6 cm³/mol. The lowest BCUT2D eigenvalue weighted by Crippen LogP contribution is -2.65. The minimum absolute atomic E-state index is 0.00972. The van der Waals surface area contributed by atoms with Gasteiger partial charge in [-0.3, -0.25) is 4.79 Å². The minimum Gasteiger partial charge on any atom is -0.484 e. The summed E-state index contributed by atoms with van der Waals surface area (Å²) in [6, 6.07) is 6.99. The van der Waals surface area contributed by atoms with Crippen molar-refractivity contribution in [1.29, 1.82) is 0 Å². The van der Waals surface area contributed by atoms with Crippen molar-refractivity contribution in [2.75, 3.05) is 25.4 Å². The summed E-state index contributed by atoms with van der Waals surface area (Å²) in [5, 5.41) is 10.1. The summed E-state index contributed by atoms with van der Waals surface area (Å²) >= 11 is 0. The maximum absolute atomic E-state index is 11.9. The third-order valence-corrected chi connectivity index (χ3v) is 3.84. The Morgan fingerprint density at radius 1 is 1.47 bits per heavy atom. The van der Waals surface area contributed by atoms with Crippen LogP contribution in [0, 0.1) is 5.92 Å². The highest BCUT2D eigenvalue weighted by Gasteiger charge is 2.53. The van der Waals surface area contributed by atoms with Gasteiger partial charge in [-0.1, -0.05) is 6.07 Å². The molecular weight excluding hydrogens is 244 g/mol. The van der Waals surface area contributed by atoms with Gasteiger partial charge in [0.25, 0.3) is 5.91 Å². The van der Waals surface area contributed by atoms with E-state index in [1.54, 1.807) is 29.2 Å². The zero-order valence-electron chi connectivity index (χ0n) is 10.7. The molecule has 3 rings (SSSR count). The molecule has 5 nitrogen and oxygen atoms in total. The molecule has 1 aromatic rings. The summed E-state index contributed by atoms with van der Waals surface area (Å²) in [6.45, 7) is 0.873. The first-order valence-corrected chi connectivity index (χ1v) is 6.55. The fraction of sp³-hybridized carbons (Fsp3) is 0.500. The highest BCUT2D eigenvalue weighted by atomic mass is 16.5. The highest BCUT2D eigenvalue weighted by molar-refractivity contribution is 5.79. The van der Waals surface area contributed by atoms with Crippen LogP contribution in [0.1, 0.15) is 12.8 Å². The van der Waals surface area contributed by atoms with Gasteiger partial charge in [0.05, 0.1) is 13.1 Å². The van der Waals surface area contributed by atoms with E-state index in [0.717, 1.165) is 12.8 Å².